The molecule has 3 aromatic rings. The number of carbonyl (C=O) groups excluding carboxylic acids is 3. The molecule has 0 saturated heterocycles. The number of anilines is 3. The fourth-order valence-electron chi connectivity index (χ4n) is 4.03. The summed E-state index contributed by atoms with van der Waals surface area (Å²) in [6.07, 6.45) is 0. The lowest BCUT2D eigenvalue weighted by molar-refractivity contribution is -0.115. The number of nitrogens with one attached hydrogen (secondary N) is 5. The van der Waals surface area contributed by atoms with Crippen LogP contribution in [0.2, 0.25) is 0 Å². The van der Waals surface area contributed by atoms with Crippen molar-refractivity contribution in [3.8, 4) is 0 Å². The molecule has 0 spiro atoms. The Hall–Kier alpha value is -4.20. The second-order valence-corrected chi connectivity index (χ2v) is 15.3. The van der Waals surface area contributed by atoms with E-state index in [1.807, 2.05) is 0 Å². The van der Waals surface area contributed by atoms with E-state index in [9.17, 15) is 39.6 Å². The zero-order valence-corrected chi connectivity index (χ0v) is 27.6. The fraction of sp³-hybridized carbons (Fsp3) is 0.250. The molecule has 0 heterocycles. The molecule has 0 aliphatic rings. The molecule has 0 atom stereocenters. The molecule has 0 aromatic heterocycles. The first-order chi connectivity index (χ1) is 21.5. The third-order valence-electron chi connectivity index (χ3n) is 6.09. The van der Waals surface area contributed by atoms with Gasteiger partial charge < -0.3 is 16.0 Å². The first-order valence-electron chi connectivity index (χ1n) is 13.6. The number of benzene rings is 3. The molecule has 0 aliphatic heterocycles. The molecule has 0 aliphatic carbocycles. The highest BCUT2D eigenvalue weighted by molar-refractivity contribution is 7.90. The Morgan fingerprint density at radius 1 is 0.500 bits per heavy atom. The molecule has 18 heteroatoms. The van der Waals surface area contributed by atoms with E-state index >= 15 is 0 Å². The van der Waals surface area contributed by atoms with Crippen LogP contribution in [0.3, 0.4) is 0 Å². The maximum absolute atomic E-state index is 13.6. The van der Waals surface area contributed by atoms with Gasteiger partial charge in [-0.15, -0.1) is 0 Å². The zero-order valence-electron chi connectivity index (χ0n) is 25.1. The smallest absolute Gasteiger partial charge is 0.243 e. The van der Waals surface area contributed by atoms with Crippen LogP contribution in [0, 0.1) is 0 Å². The van der Waals surface area contributed by atoms with Crippen molar-refractivity contribution in [1.82, 2.24) is 13.7 Å². The summed E-state index contributed by atoms with van der Waals surface area (Å²) in [6, 6.07) is 16.0. The summed E-state index contributed by atoms with van der Waals surface area (Å²) in [5, 5.41) is 7.58. The first kappa shape index (κ1) is 36.3. The van der Waals surface area contributed by atoms with Crippen LogP contribution >= 0.6 is 0 Å². The molecule has 0 radical (unpaired) electrons. The van der Waals surface area contributed by atoms with Gasteiger partial charge in [-0.1, -0.05) is 0 Å². The van der Waals surface area contributed by atoms with E-state index in [1.54, 1.807) is 0 Å². The van der Waals surface area contributed by atoms with Gasteiger partial charge in [-0.05, 0) is 72.8 Å². The second kappa shape index (κ2) is 15.4. The summed E-state index contributed by atoms with van der Waals surface area (Å²) in [4.78, 5) is 33.4. The first-order valence-corrected chi connectivity index (χ1v) is 18.0. The summed E-state index contributed by atoms with van der Waals surface area (Å²) in [5.74, 6) is -1.02. The second-order valence-electron chi connectivity index (χ2n) is 9.82. The SMILES string of the molecule is CC(=O)Nc1ccc(S(=O)(=O)NCCN(CCNS(=O)(=O)c2ccc(NC(C)=O)cc2)S(=O)(=O)c2ccc(NC(C)=O)cc2)cc1. The highest BCUT2D eigenvalue weighted by Crippen LogP contribution is 2.20. The van der Waals surface area contributed by atoms with Crippen LogP contribution in [0.1, 0.15) is 20.8 Å². The van der Waals surface area contributed by atoms with Crippen LogP contribution < -0.4 is 25.4 Å². The predicted octanol–water partition coefficient (Wildman–Crippen LogP) is 1.51. The van der Waals surface area contributed by atoms with Gasteiger partial charge in [0.15, 0.2) is 0 Å². The van der Waals surface area contributed by atoms with Crippen molar-refractivity contribution >= 4 is 64.9 Å². The number of rotatable bonds is 15. The minimum absolute atomic E-state index is 0.123. The summed E-state index contributed by atoms with van der Waals surface area (Å²) >= 11 is 0. The van der Waals surface area contributed by atoms with Gasteiger partial charge in [-0.3, -0.25) is 14.4 Å². The number of hydrogen-bond acceptors (Lipinski definition) is 9. The van der Waals surface area contributed by atoms with Gasteiger partial charge in [0.25, 0.3) is 0 Å². The Balaban J connectivity index is 1.76. The van der Waals surface area contributed by atoms with Gasteiger partial charge in [0.2, 0.25) is 47.8 Å². The maximum atomic E-state index is 13.6. The molecule has 3 rings (SSSR count). The Labute approximate surface area is 267 Å². The summed E-state index contributed by atoms with van der Waals surface area (Å²) in [5.41, 5.74) is 1.13. The number of amides is 3. The van der Waals surface area contributed by atoms with E-state index < -0.39 is 30.1 Å². The lowest BCUT2D eigenvalue weighted by Crippen LogP contribution is -2.42. The molecular weight excluding hydrogens is 661 g/mol. The summed E-state index contributed by atoms with van der Waals surface area (Å²) in [6.45, 7) is 2.44. The fourth-order valence-corrected chi connectivity index (χ4v) is 7.52. The van der Waals surface area contributed by atoms with Crippen LogP contribution in [0.5, 0.6) is 0 Å². The Morgan fingerprint density at radius 2 is 0.783 bits per heavy atom. The molecular formula is C28H34N6O9S3. The Kier molecular flexibility index (Phi) is 12.1. The molecule has 15 nitrogen and oxygen atoms in total. The van der Waals surface area contributed by atoms with Crippen molar-refractivity contribution in [1.29, 1.82) is 0 Å². The average Bonchev–Trinajstić information content (AvgIpc) is 2.96. The Bertz CT molecular complexity index is 1790. The van der Waals surface area contributed by atoms with Gasteiger partial charge in [-0.25, -0.2) is 34.7 Å². The standard InChI is InChI=1S/C28H34N6O9S3/c1-20(35)31-23-4-10-26(11-5-23)44(38,39)29-16-18-34(46(42,43)28-14-8-25(9-15-28)33-22(3)37)19-17-30-45(40,41)27-12-6-24(7-13-27)32-21(2)36/h4-15,29-30H,16-19H2,1-3H3,(H,31,35)(H,32,36)(H,33,37). The lowest BCUT2D eigenvalue weighted by atomic mass is 10.3. The zero-order chi connectivity index (χ0) is 34.1. The molecule has 3 amide bonds. The molecule has 0 unspecified atom stereocenters. The minimum Gasteiger partial charge on any atom is -0.326 e. The van der Waals surface area contributed by atoms with Gasteiger partial charge in [0.05, 0.1) is 14.7 Å². The van der Waals surface area contributed by atoms with E-state index in [-0.39, 0.29) is 58.6 Å². The van der Waals surface area contributed by atoms with E-state index in [0.29, 0.717) is 17.1 Å². The van der Waals surface area contributed by atoms with Crippen LogP contribution in [0.4, 0.5) is 17.1 Å². The Morgan fingerprint density at radius 3 is 1.07 bits per heavy atom. The molecule has 248 valence electrons. The number of carbonyl (C=O) groups is 3. The van der Waals surface area contributed by atoms with E-state index in [0.717, 1.165) is 4.31 Å². The molecule has 46 heavy (non-hydrogen) atoms. The molecule has 0 saturated carbocycles. The summed E-state index contributed by atoms with van der Waals surface area (Å²) < 4.78 is 84.2. The number of nitrogens with zero attached hydrogens (tertiary/aromatic N) is 1. The topological polar surface area (TPSA) is 217 Å². The molecule has 0 bridgehead atoms. The van der Waals surface area contributed by atoms with E-state index in [1.165, 1.54) is 93.6 Å². The van der Waals surface area contributed by atoms with Crippen LogP contribution in [0.25, 0.3) is 0 Å². The van der Waals surface area contributed by atoms with Gasteiger partial charge in [0, 0.05) is 64.0 Å². The van der Waals surface area contributed by atoms with Crippen LogP contribution in [-0.2, 0) is 44.5 Å². The largest absolute Gasteiger partial charge is 0.326 e. The van der Waals surface area contributed by atoms with Crippen molar-refractivity contribution in [3.63, 3.8) is 0 Å². The van der Waals surface area contributed by atoms with Crippen LogP contribution in [-0.4, -0.2) is 73.5 Å². The van der Waals surface area contributed by atoms with Gasteiger partial charge in [-0.2, -0.15) is 4.31 Å². The monoisotopic (exact) mass is 694 g/mol. The van der Waals surface area contributed by atoms with Crippen molar-refractivity contribution in [2.45, 2.75) is 35.5 Å². The minimum atomic E-state index is -4.27. The van der Waals surface area contributed by atoms with E-state index in [2.05, 4.69) is 25.4 Å². The molecule has 5 N–H and O–H groups in total. The van der Waals surface area contributed by atoms with Gasteiger partial charge in [0.1, 0.15) is 0 Å². The van der Waals surface area contributed by atoms with E-state index in [4.69, 9.17) is 0 Å². The lowest BCUT2D eigenvalue weighted by Gasteiger charge is -2.23. The third-order valence-corrected chi connectivity index (χ3v) is 11.0. The molecule has 3 aromatic carbocycles. The van der Waals surface area contributed by atoms with Crippen LogP contribution in [0.15, 0.2) is 87.5 Å². The van der Waals surface area contributed by atoms with Crippen molar-refractivity contribution in [2.75, 3.05) is 42.1 Å². The van der Waals surface area contributed by atoms with Crippen molar-refractivity contribution in [2.24, 2.45) is 0 Å². The maximum Gasteiger partial charge on any atom is 0.243 e. The number of hydrogen-bond donors (Lipinski definition) is 5. The third kappa shape index (κ3) is 10.4. The van der Waals surface area contributed by atoms with Gasteiger partial charge >= 0.3 is 0 Å². The quantitative estimate of drug-likeness (QED) is 0.156. The normalized spacial score (nSPS) is 12.0. The summed E-state index contributed by atoms with van der Waals surface area (Å²) in [7, 11) is -12.4. The highest BCUT2D eigenvalue weighted by atomic mass is 32.2. The average molecular weight is 695 g/mol. The van der Waals surface area contributed by atoms with Crippen molar-refractivity contribution in [3.05, 3.63) is 72.8 Å². The molecule has 0 fully saturated rings. The number of sulfonamides is 3. The predicted molar refractivity (Wildman–Crippen MR) is 171 cm³/mol. The highest BCUT2D eigenvalue weighted by Gasteiger charge is 2.26. The van der Waals surface area contributed by atoms with Crippen molar-refractivity contribution < 1.29 is 39.6 Å².